The normalized spacial score (nSPS) is 14.3. The molecule has 5 aromatic rings. The van der Waals surface area contributed by atoms with Crippen LogP contribution in [0.25, 0.3) is 38.6 Å². The van der Waals surface area contributed by atoms with E-state index in [9.17, 15) is 0 Å². The van der Waals surface area contributed by atoms with E-state index in [2.05, 4.69) is 119 Å². The third-order valence-corrected chi connectivity index (χ3v) is 6.95. The molecule has 0 bridgehead atoms. The molecule has 1 aliphatic carbocycles. The first-order valence-corrected chi connectivity index (χ1v) is 10.8. The van der Waals surface area contributed by atoms with Gasteiger partial charge in [0.1, 0.15) is 0 Å². The standard InChI is InChI=1S/C27H20BrN/c1-27(2)23-9-5-3-7-19(23)20-13-12-18(16-24(20)27)29-25-10-6-4-8-21(25)22-15-17(28)11-14-26(22)29/h3-16H,1-2H3. The molecule has 1 nitrogen and oxygen atoms in total. The summed E-state index contributed by atoms with van der Waals surface area (Å²) >= 11 is 3.65. The number of aromatic nitrogens is 1. The van der Waals surface area contributed by atoms with Gasteiger partial charge in [0.2, 0.25) is 0 Å². The van der Waals surface area contributed by atoms with Gasteiger partial charge in [0, 0.05) is 26.3 Å². The van der Waals surface area contributed by atoms with Gasteiger partial charge in [0.15, 0.2) is 0 Å². The molecule has 140 valence electrons. The van der Waals surface area contributed by atoms with E-state index in [0.29, 0.717) is 0 Å². The molecule has 0 amide bonds. The van der Waals surface area contributed by atoms with Crippen molar-refractivity contribution in [1.82, 2.24) is 4.57 Å². The van der Waals surface area contributed by atoms with Crippen molar-refractivity contribution in [3.63, 3.8) is 0 Å². The molecule has 1 aliphatic rings. The molecular formula is C27H20BrN. The fourth-order valence-corrected chi connectivity index (χ4v) is 5.42. The number of benzene rings is 4. The molecule has 2 heteroatoms. The lowest BCUT2D eigenvalue weighted by molar-refractivity contribution is 0.660. The van der Waals surface area contributed by atoms with Gasteiger partial charge in [-0.15, -0.1) is 0 Å². The highest BCUT2D eigenvalue weighted by molar-refractivity contribution is 9.10. The van der Waals surface area contributed by atoms with E-state index in [4.69, 9.17) is 0 Å². The van der Waals surface area contributed by atoms with Gasteiger partial charge in [-0.05, 0) is 58.7 Å². The zero-order valence-electron chi connectivity index (χ0n) is 16.4. The first-order valence-electron chi connectivity index (χ1n) is 9.99. The molecule has 0 N–H and O–H groups in total. The van der Waals surface area contributed by atoms with Crippen LogP contribution >= 0.6 is 15.9 Å². The predicted octanol–water partition coefficient (Wildman–Crippen LogP) is 7.85. The number of hydrogen-bond acceptors (Lipinski definition) is 0. The second-order valence-electron chi connectivity index (χ2n) is 8.41. The number of rotatable bonds is 1. The molecule has 4 aromatic carbocycles. The van der Waals surface area contributed by atoms with Crippen molar-refractivity contribution < 1.29 is 0 Å². The summed E-state index contributed by atoms with van der Waals surface area (Å²) in [6, 6.07) is 31.0. The van der Waals surface area contributed by atoms with Crippen LogP contribution in [0.15, 0.2) is 89.4 Å². The van der Waals surface area contributed by atoms with Crippen molar-refractivity contribution in [2.45, 2.75) is 19.3 Å². The summed E-state index contributed by atoms with van der Waals surface area (Å²) in [7, 11) is 0. The van der Waals surface area contributed by atoms with Crippen LogP contribution in [-0.4, -0.2) is 4.57 Å². The Hall–Kier alpha value is -2.84. The zero-order valence-corrected chi connectivity index (χ0v) is 18.0. The maximum atomic E-state index is 3.65. The minimum atomic E-state index is 0.00370. The summed E-state index contributed by atoms with van der Waals surface area (Å²) in [6.45, 7) is 4.68. The van der Waals surface area contributed by atoms with Gasteiger partial charge in [-0.1, -0.05) is 78.3 Å². The lowest BCUT2D eigenvalue weighted by Gasteiger charge is -2.22. The summed E-state index contributed by atoms with van der Waals surface area (Å²) in [5.41, 5.74) is 9.25. The molecule has 6 rings (SSSR count). The summed E-state index contributed by atoms with van der Waals surface area (Å²) in [5, 5.41) is 2.56. The van der Waals surface area contributed by atoms with Gasteiger partial charge in [0.25, 0.3) is 0 Å². The fraction of sp³-hybridized carbons (Fsp3) is 0.111. The van der Waals surface area contributed by atoms with Crippen molar-refractivity contribution >= 4 is 37.7 Å². The summed E-state index contributed by atoms with van der Waals surface area (Å²) < 4.78 is 3.51. The van der Waals surface area contributed by atoms with Crippen molar-refractivity contribution in [1.29, 1.82) is 0 Å². The van der Waals surface area contributed by atoms with Crippen LogP contribution < -0.4 is 0 Å². The van der Waals surface area contributed by atoms with Gasteiger partial charge < -0.3 is 4.57 Å². The summed E-state index contributed by atoms with van der Waals surface area (Å²) in [5.74, 6) is 0. The van der Waals surface area contributed by atoms with Gasteiger partial charge in [-0.2, -0.15) is 0 Å². The van der Waals surface area contributed by atoms with Gasteiger partial charge >= 0.3 is 0 Å². The van der Waals surface area contributed by atoms with Crippen LogP contribution in [0.1, 0.15) is 25.0 Å². The van der Waals surface area contributed by atoms with Crippen molar-refractivity contribution in [2.75, 3.05) is 0 Å². The molecule has 0 atom stereocenters. The van der Waals surface area contributed by atoms with Crippen molar-refractivity contribution in [2.24, 2.45) is 0 Å². The quantitative estimate of drug-likeness (QED) is 0.251. The maximum Gasteiger partial charge on any atom is 0.0541 e. The van der Waals surface area contributed by atoms with E-state index in [1.54, 1.807) is 0 Å². The third kappa shape index (κ3) is 2.27. The Balaban J connectivity index is 1.67. The first-order chi connectivity index (χ1) is 14.1. The first kappa shape index (κ1) is 17.1. The molecule has 1 aromatic heterocycles. The lowest BCUT2D eigenvalue weighted by Crippen LogP contribution is -2.15. The van der Waals surface area contributed by atoms with E-state index < -0.39 is 0 Å². The van der Waals surface area contributed by atoms with Crippen molar-refractivity contribution in [3.05, 3.63) is 101 Å². The molecule has 0 saturated heterocycles. The average Bonchev–Trinajstić information content (AvgIpc) is 3.18. The number of hydrogen-bond donors (Lipinski definition) is 0. The monoisotopic (exact) mass is 437 g/mol. The number of para-hydroxylation sites is 1. The Morgan fingerprint density at radius 3 is 2.28 bits per heavy atom. The van der Waals surface area contributed by atoms with Crippen LogP contribution in [0.2, 0.25) is 0 Å². The number of nitrogens with zero attached hydrogens (tertiary/aromatic N) is 1. The predicted molar refractivity (Wildman–Crippen MR) is 126 cm³/mol. The molecule has 0 unspecified atom stereocenters. The minimum Gasteiger partial charge on any atom is -0.309 e. The summed E-state index contributed by atoms with van der Waals surface area (Å²) in [4.78, 5) is 0. The van der Waals surface area contributed by atoms with E-state index in [1.807, 2.05) is 0 Å². The molecule has 0 spiro atoms. The molecular weight excluding hydrogens is 418 g/mol. The molecule has 0 fully saturated rings. The van der Waals surface area contributed by atoms with E-state index >= 15 is 0 Å². The highest BCUT2D eigenvalue weighted by Gasteiger charge is 2.35. The van der Waals surface area contributed by atoms with Crippen molar-refractivity contribution in [3.8, 4) is 16.8 Å². The third-order valence-electron chi connectivity index (χ3n) is 6.46. The fourth-order valence-electron chi connectivity index (χ4n) is 5.05. The second kappa shape index (κ2) is 5.84. The maximum absolute atomic E-state index is 3.65. The van der Waals surface area contributed by atoms with Crippen LogP contribution in [-0.2, 0) is 5.41 Å². The highest BCUT2D eigenvalue weighted by Crippen LogP contribution is 2.49. The molecule has 0 radical (unpaired) electrons. The number of fused-ring (bicyclic) bond motifs is 6. The van der Waals surface area contributed by atoms with E-state index in [1.165, 1.54) is 49.7 Å². The van der Waals surface area contributed by atoms with Crippen LogP contribution in [0.5, 0.6) is 0 Å². The summed E-state index contributed by atoms with van der Waals surface area (Å²) in [6.07, 6.45) is 0. The van der Waals surface area contributed by atoms with Crippen LogP contribution in [0.3, 0.4) is 0 Å². The molecule has 29 heavy (non-hydrogen) atoms. The van der Waals surface area contributed by atoms with Gasteiger partial charge in [-0.3, -0.25) is 0 Å². The Kier molecular flexibility index (Phi) is 3.43. The molecule has 1 heterocycles. The Labute approximate surface area is 178 Å². The Morgan fingerprint density at radius 1 is 0.655 bits per heavy atom. The van der Waals surface area contributed by atoms with Crippen LogP contribution in [0.4, 0.5) is 0 Å². The second-order valence-corrected chi connectivity index (χ2v) is 9.33. The topological polar surface area (TPSA) is 4.93 Å². The van der Waals surface area contributed by atoms with E-state index in [-0.39, 0.29) is 5.41 Å². The van der Waals surface area contributed by atoms with Crippen LogP contribution in [0, 0.1) is 0 Å². The Morgan fingerprint density at radius 2 is 1.38 bits per heavy atom. The number of halogens is 1. The Bertz CT molecular complexity index is 1440. The highest BCUT2D eigenvalue weighted by atomic mass is 79.9. The zero-order chi connectivity index (χ0) is 19.8. The van der Waals surface area contributed by atoms with Gasteiger partial charge in [0.05, 0.1) is 11.0 Å². The molecule has 0 aliphatic heterocycles. The lowest BCUT2D eigenvalue weighted by atomic mass is 9.82. The largest absolute Gasteiger partial charge is 0.309 e. The van der Waals surface area contributed by atoms with E-state index in [0.717, 1.165) is 4.47 Å². The average molecular weight is 438 g/mol. The smallest absolute Gasteiger partial charge is 0.0541 e. The molecule has 0 saturated carbocycles. The minimum absolute atomic E-state index is 0.00370. The van der Waals surface area contributed by atoms with Gasteiger partial charge in [-0.25, -0.2) is 0 Å². The SMILES string of the molecule is CC1(C)c2ccccc2-c2ccc(-n3c4ccccc4c4cc(Br)ccc43)cc21.